The Kier molecular flexibility index (Phi) is 10.7. The van der Waals surface area contributed by atoms with Gasteiger partial charge in [-0.3, -0.25) is 0 Å². The molecule has 45 heavy (non-hydrogen) atoms. The number of likely N-dealkylation sites (N-methyl/N-ethyl adjacent to an activating group) is 2. The highest BCUT2D eigenvalue weighted by Crippen LogP contribution is 2.49. The average Bonchev–Trinajstić information content (AvgIpc) is 3.05. The molecule has 8 heteroatoms. The van der Waals surface area contributed by atoms with E-state index in [9.17, 15) is 0 Å². The van der Waals surface area contributed by atoms with Crippen molar-refractivity contribution in [2.24, 2.45) is 0 Å². The lowest BCUT2D eigenvalue weighted by atomic mass is 10.2. The van der Waals surface area contributed by atoms with Gasteiger partial charge in [-0.2, -0.15) is 0 Å². The van der Waals surface area contributed by atoms with Crippen molar-refractivity contribution in [2.45, 2.75) is 39.0 Å². The number of para-hydroxylation sites is 3. The van der Waals surface area contributed by atoms with Gasteiger partial charge in [-0.05, 0) is 95.6 Å². The molecule has 3 aliphatic heterocycles. The van der Waals surface area contributed by atoms with E-state index in [0.717, 1.165) is 31.1 Å². The second kappa shape index (κ2) is 14.8. The zero-order chi connectivity index (χ0) is 31.3. The minimum atomic E-state index is 0.499. The van der Waals surface area contributed by atoms with Crippen LogP contribution in [0.2, 0.25) is 5.02 Å². The Morgan fingerprint density at radius 1 is 0.667 bits per heavy atom. The summed E-state index contributed by atoms with van der Waals surface area (Å²) in [5.74, 6) is 0. The molecule has 5 nitrogen and oxygen atoms in total. The molecular weight excluding hydrogens is 614 g/mol. The van der Waals surface area contributed by atoms with E-state index in [4.69, 9.17) is 11.6 Å². The second-order valence-corrected chi connectivity index (χ2v) is 14.9. The summed E-state index contributed by atoms with van der Waals surface area (Å²) in [5, 5.41) is 0.808. The Morgan fingerprint density at radius 3 is 1.73 bits per heavy atom. The Labute approximate surface area is 283 Å². The van der Waals surface area contributed by atoms with Crippen LogP contribution in [0.25, 0.3) is 0 Å². The first kappa shape index (κ1) is 32.3. The lowest BCUT2D eigenvalue weighted by molar-refractivity contribution is 0.153. The third kappa shape index (κ3) is 7.67. The van der Waals surface area contributed by atoms with Crippen LogP contribution in [0.1, 0.15) is 13.3 Å². The van der Waals surface area contributed by atoms with Crippen molar-refractivity contribution >= 4 is 57.9 Å². The van der Waals surface area contributed by atoms with Gasteiger partial charge in [-0.1, -0.05) is 71.5 Å². The van der Waals surface area contributed by atoms with Gasteiger partial charge in [0.05, 0.1) is 22.7 Å². The zero-order valence-corrected chi connectivity index (χ0v) is 29.2. The Hall–Kier alpha value is -2.65. The predicted octanol–water partition coefficient (Wildman–Crippen LogP) is 8.82. The van der Waals surface area contributed by atoms with Gasteiger partial charge in [0.15, 0.2) is 0 Å². The molecule has 3 heterocycles. The molecule has 0 N–H and O–H groups in total. The van der Waals surface area contributed by atoms with Crippen LogP contribution in [0, 0.1) is 0 Å². The minimum absolute atomic E-state index is 0.499. The van der Waals surface area contributed by atoms with Crippen LogP contribution in [-0.4, -0.2) is 87.7 Å². The van der Waals surface area contributed by atoms with Gasteiger partial charge in [0, 0.05) is 69.9 Å². The van der Waals surface area contributed by atoms with Crippen LogP contribution < -0.4 is 9.80 Å². The van der Waals surface area contributed by atoms with Gasteiger partial charge in [-0.15, -0.1) is 0 Å². The van der Waals surface area contributed by atoms with Crippen molar-refractivity contribution in [2.75, 3.05) is 76.8 Å². The number of piperazine rings is 1. The second-order valence-electron chi connectivity index (χ2n) is 12.3. The molecule has 0 amide bonds. The van der Waals surface area contributed by atoms with Crippen molar-refractivity contribution in [1.29, 1.82) is 0 Å². The number of rotatable bonds is 7. The predicted molar refractivity (Wildman–Crippen MR) is 195 cm³/mol. The summed E-state index contributed by atoms with van der Waals surface area (Å²) in [6.45, 7) is 10.2. The fraction of sp³-hybridized carbons (Fsp3) is 0.351. The average molecular weight is 658 g/mol. The molecule has 0 saturated carbocycles. The number of anilines is 4. The van der Waals surface area contributed by atoms with Crippen molar-refractivity contribution in [3.63, 3.8) is 0 Å². The molecule has 0 spiro atoms. The number of fused-ring (bicyclic) bond motifs is 4. The maximum Gasteiger partial charge on any atom is 0.0567 e. The number of nitrogens with zero attached hydrogens (tertiary/aromatic N) is 5. The zero-order valence-electron chi connectivity index (χ0n) is 26.8. The summed E-state index contributed by atoms with van der Waals surface area (Å²) < 4.78 is 0. The molecule has 1 saturated heterocycles. The van der Waals surface area contributed by atoms with Crippen LogP contribution in [0.4, 0.5) is 22.7 Å². The quantitative estimate of drug-likeness (QED) is 0.195. The maximum atomic E-state index is 6.29. The van der Waals surface area contributed by atoms with E-state index >= 15 is 0 Å². The van der Waals surface area contributed by atoms with E-state index in [1.54, 1.807) is 0 Å². The number of halogens is 1. The van der Waals surface area contributed by atoms with Crippen LogP contribution in [0.3, 0.4) is 0 Å². The smallest absolute Gasteiger partial charge is 0.0567 e. The van der Waals surface area contributed by atoms with Crippen LogP contribution in [0.15, 0.2) is 111 Å². The topological polar surface area (TPSA) is 16.2 Å². The summed E-state index contributed by atoms with van der Waals surface area (Å²) in [4.78, 5) is 17.5. The molecule has 1 atom stereocenters. The highest BCUT2D eigenvalue weighted by atomic mass is 35.5. The molecule has 0 aromatic heterocycles. The van der Waals surface area contributed by atoms with Crippen LogP contribution >= 0.6 is 35.1 Å². The van der Waals surface area contributed by atoms with Gasteiger partial charge < -0.3 is 24.5 Å². The lowest BCUT2D eigenvalue weighted by Gasteiger charge is -2.36. The number of hydrogen-bond acceptors (Lipinski definition) is 7. The van der Waals surface area contributed by atoms with E-state index < -0.39 is 0 Å². The Morgan fingerprint density at radius 2 is 1.18 bits per heavy atom. The molecule has 4 aromatic carbocycles. The van der Waals surface area contributed by atoms with Gasteiger partial charge in [0.1, 0.15) is 0 Å². The van der Waals surface area contributed by atoms with Gasteiger partial charge in [0.2, 0.25) is 0 Å². The highest BCUT2D eigenvalue weighted by molar-refractivity contribution is 8.00. The molecule has 1 fully saturated rings. The summed E-state index contributed by atoms with van der Waals surface area (Å²) in [6, 6.07) is 32.8. The molecule has 1 unspecified atom stereocenters. The molecule has 7 rings (SSSR count). The van der Waals surface area contributed by atoms with Crippen LogP contribution in [-0.2, 0) is 0 Å². The van der Waals surface area contributed by atoms with Crippen molar-refractivity contribution in [1.82, 2.24) is 14.7 Å². The van der Waals surface area contributed by atoms with E-state index in [2.05, 4.69) is 137 Å². The largest absolute Gasteiger partial charge is 0.340 e. The maximum absolute atomic E-state index is 6.29. The Bertz CT molecular complexity index is 1540. The lowest BCUT2D eigenvalue weighted by Crippen LogP contribution is -2.45. The summed E-state index contributed by atoms with van der Waals surface area (Å²) >= 11 is 10.00. The van der Waals surface area contributed by atoms with Gasteiger partial charge >= 0.3 is 0 Å². The Balaban J connectivity index is 0.000000163. The summed E-state index contributed by atoms with van der Waals surface area (Å²) in [5.41, 5.74) is 5.20. The van der Waals surface area contributed by atoms with Crippen molar-refractivity contribution in [3.8, 4) is 0 Å². The SMILES string of the molecule is CC(CN1c2ccccc2Sc2ccccc21)N(C)C.CN1CCN(CCCN2c3ccccc3Sc3ccc(Cl)cc32)CC1. The van der Waals surface area contributed by atoms with Crippen molar-refractivity contribution < 1.29 is 0 Å². The van der Waals surface area contributed by atoms with E-state index in [1.165, 1.54) is 68.5 Å². The van der Waals surface area contributed by atoms with E-state index in [0.29, 0.717) is 6.04 Å². The first-order valence-electron chi connectivity index (χ1n) is 15.9. The summed E-state index contributed by atoms with van der Waals surface area (Å²) in [6.07, 6.45) is 1.16. The summed E-state index contributed by atoms with van der Waals surface area (Å²) in [7, 11) is 6.49. The number of benzene rings is 4. The molecule has 3 aliphatic rings. The fourth-order valence-electron chi connectivity index (χ4n) is 5.97. The third-order valence-corrected chi connectivity index (χ3v) is 11.4. The van der Waals surface area contributed by atoms with Gasteiger partial charge in [-0.25, -0.2) is 0 Å². The minimum Gasteiger partial charge on any atom is -0.340 e. The normalized spacial score (nSPS) is 16.7. The van der Waals surface area contributed by atoms with E-state index in [1.807, 2.05) is 29.6 Å². The molecule has 4 aromatic rings. The fourth-order valence-corrected chi connectivity index (χ4v) is 8.31. The molecule has 236 valence electrons. The molecular formula is C37H44ClN5S2. The first-order valence-corrected chi connectivity index (χ1v) is 17.9. The van der Waals surface area contributed by atoms with Gasteiger partial charge in [0.25, 0.3) is 0 Å². The van der Waals surface area contributed by atoms with E-state index in [-0.39, 0.29) is 0 Å². The molecule has 0 radical (unpaired) electrons. The third-order valence-electron chi connectivity index (χ3n) is 8.90. The number of hydrogen-bond donors (Lipinski definition) is 0. The molecule has 0 aliphatic carbocycles. The standard InChI is InChI=1S/C20H24ClN3S.C17H20N2S/c1-22-11-13-23(14-12-22)9-4-10-24-17-5-2-3-6-19(17)25-20-8-7-16(21)15-18(20)24;1-13(18(2)3)12-19-14-8-4-6-10-16(14)20-17-11-7-5-9-15(17)19/h2-3,5-8,15H,4,9-14H2,1H3;4-11,13H,12H2,1-3H3. The first-order chi connectivity index (χ1) is 21.9. The highest BCUT2D eigenvalue weighted by Gasteiger charge is 2.25. The van der Waals surface area contributed by atoms with Crippen LogP contribution in [0.5, 0.6) is 0 Å². The van der Waals surface area contributed by atoms with Crippen molar-refractivity contribution in [3.05, 3.63) is 96.0 Å². The monoisotopic (exact) mass is 657 g/mol. The molecule has 0 bridgehead atoms.